The Labute approximate surface area is 234 Å². The molecule has 1 atom stereocenters. The number of ether oxygens (including phenoxy) is 2. The number of carbonyl (C=O) groups excluding carboxylic acids is 1. The summed E-state index contributed by atoms with van der Waals surface area (Å²) in [6, 6.07) is 13.4. The Hall–Kier alpha value is -3.98. The molecule has 1 unspecified atom stereocenters. The van der Waals surface area contributed by atoms with Crippen LogP contribution < -0.4 is 19.7 Å². The van der Waals surface area contributed by atoms with Gasteiger partial charge in [-0.3, -0.25) is 9.69 Å². The molecule has 9 heteroatoms. The Kier molecular flexibility index (Phi) is 9.37. The Morgan fingerprint density at radius 1 is 1.07 bits per heavy atom. The maximum atomic E-state index is 13.6. The van der Waals surface area contributed by atoms with E-state index < -0.39 is 5.97 Å². The summed E-state index contributed by atoms with van der Waals surface area (Å²) in [7, 11) is 0. The van der Waals surface area contributed by atoms with E-state index in [1.54, 1.807) is 23.1 Å². The van der Waals surface area contributed by atoms with Gasteiger partial charge in [-0.05, 0) is 62.2 Å². The molecule has 1 aliphatic heterocycles. The van der Waals surface area contributed by atoms with Crippen molar-refractivity contribution in [3.05, 3.63) is 71.7 Å². The van der Waals surface area contributed by atoms with Gasteiger partial charge in [-0.15, -0.1) is 0 Å². The van der Waals surface area contributed by atoms with E-state index in [0.717, 1.165) is 36.1 Å². The van der Waals surface area contributed by atoms with Crippen LogP contribution in [0.3, 0.4) is 0 Å². The molecule has 1 saturated heterocycles. The number of pyridine rings is 1. The highest BCUT2D eigenvalue weighted by atomic mass is 19.1. The number of nitrogens with two attached hydrogens (primary N) is 1. The second kappa shape index (κ2) is 12.9. The summed E-state index contributed by atoms with van der Waals surface area (Å²) in [5, 5.41) is 11.4. The molecule has 1 fully saturated rings. The minimum absolute atomic E-state index is 0.0107. The Morgan fingerprint density at radius 3 is 2.30 bits per heavy atom. The maximum Gasteiger partial charge on any atom is 0.337 e. The summed E-state index contributed by atoms with van der Waals surface area (Å²) < 4.78 is 25.5. The molecule has 0 aliphatic carbocycles. The highest BCUT2D eigenvalue weighted by Crippen LogP contribution is 2.41. The molecule has 0 bridgehead atoms. The van der Waals surface area contributed by atoms with Crippen molar-refractivity contribution in [1.29, 1.82) is 0 Å². The number of quaternary nitrogens is 1. The molecule has 0 saturated carbocycles. The fourth-order valence-corrected chi connectivity index (χ4v) is 5.24. The number of carboxylic acid groups (broad SMARTS) is 1. The summed E-state index contributed by atoms with van der Waals surface area (Å²) in [4.78, 5) is 29.9. The molecule has 212 valence electrons. The van der Waals surface area contributed by atoms with Crippen molar-refractivity contribution in [3.63, 3.8) is 0 Å². The van der Waals surface area contributed by atoms with E-state index in [1.807, 2.05) is 26.0 Å². The second-order valence-corrected chi connectivity index (χ2v) is 10.1. The normalized spacial score (nSPS) is 16.8. The highest BCUT2D eigenvalue weighted by Gasteiger charge is 2.43. The van der Waals surface area contributed by atoms with E-state index in [9.17, 15) is 14.0 Å². The van der Waals surface area contributed by atoms with Crippen molar-refractivity contribution in [2.24, 2.45) is 5.41 Å². The molecule has 1 amide bonds. The van der Waals surface area contributed by atoms with E-state index in [-0.39, 0.29) is 22.7 Å². The molecule has 1 aliphatic rings. The minimum atomic E-state index is -1.04. The van der Waals surface area contributed by atoms with Crippen molar-refractivity contribution in [2.75, 3.05) is 31.2 Å². The van der Waals surface area contributed by atoms with Gasteiger partial charge in [0.25, 0.3) is 0 Å². The maximum absolute atomic E-state index is 13.6. The van der Waals surface area contributed by atoms with E-state index in [1.165, 1.54) is 24.4 Å². The zero-order valence-corrected chi connectivity index (χ0v) is 23.3. The largest absolute Gasteiger partial charge is 0.493 e. The fraction of sp³-hybridized carbons (Fsp3) is 0.387. The van der Waals surface area contributed by atoms with Crippen LogP contribution in [0.1, 0.15) is 56.0 Å². The lowest BCUT2D eigenvalue weighted by Gasteiger charge is -2.26. The van der Waals surface area contributed by atoms with Crippen LogP contribution in [0.25, 0.3) is 11.1 Å². The van der Waals surface area contributed by atoms with E-state index in [2.05, 4.69) is 17.2 Å². The fourth-order valence-electron chi connectivity index (χ4n) is 5.24. The summed E-state index contributed by atoms with van der Waals surface area (Å²) in [6.45, 7) is 9.04. The van der Waals surface area contributed by atoms with Crippen molar-refractivity contribution in [2.45, 2.75) is 46.6 Å². The molecule has 0 spiro atoms. The quantitative estimate of drug-likeness (QED) is 0.300. The number of carbonyl (C=O) groups is 2. The summed E-state index contributed by atoms with van der Waals surface area (Å²) in [5.41, 5.74) is 2.62. The number of amides is 1. The Bertz CT molecular complexity index is 1300. The number of halogens is 1. The number of benzene rings is 2. The average molecular weight is 551 g/mol. The number of hydrogen-bond donors (Lipinski definition) is 2. The lowest BCUT2D eigenvalue weighted by atomic mass is 9.81. The predicted octanol–water partition coefficient (Wildman–Crippen LogP) is 4.67. The van der Waals surface area contributed by atoms with Crippen molar-refractivity contribution in [3.8, 4) is 22.6 Å². The topological polar surface area (TPSA) is 106 Å². The van der Waals surface area contributed by atoms with Crippen LogP contribution in [0.15, 0.2) is 54.7 Å². The van der Waals surface area contributed by atoms with E-state index in [4.69, 9.17) is 14.6 Å². The lowest BCUT2D eigenvalue weighted by molar-refractivity contribution is -0.672. The first kappa shape index (κ1) is 29.0. The van der Waals surface area contributed by atoms with Crippen LogP contribution in [-0.2, 0) is 11.3 Å². The van der Waals surface area contributed by atoms with Crippen molar-refractivity contribution in [1.82, 2.24) is 4.98 Å². The van der Waals surface area contributed by atoms with E-state index in [0.29, 0.717) is 50.0 Å². The van der Waals surface area contributed by atoms with Gasteiger partial charge >= 0.3 is 5.97 Å². The van der Waals surface area contributed by atoms with Gasteiger partial charge in [-0.1, -0.05) is 19.1 Å². The van der Waals surface area contributed by atoms with Crippen LogP contribution in [0.2, 0.25) is 0 Å². The Balaban J connectivity index is 1.44. The number of aromatic nitrogens is 1. The van der Waals surface area contributed by atoms with Crippen molar-refractivity contribution < 1.29 is 33.9 Å². The zero-order chi connectivity index (χ0) is 28.7. The number of hydrogen-bond acceptors (Lipinski definition) is 5. The predicted molar refractivity (Wildman–Crippen MR) is 150 cm³/mol. The van der Waals surface area contributed by atoms with Gasteiger partial charge in [0.15, 0.2) is 0 Å². The summed E-state index contributed by atoms with van der Waals surface area (Å²) in [6.07, 6.45) is 3.43. The lowest BCUT2D eigenvalue weighted by Crippen LogP contribution is -2.83. The van der Waals surface area contributed by atoms with Crippen LogP contribution in [0.4, 0.5) is 10.2 Å². The molecule has 3 N–H and O–H groups in total. The third kappa shape index (κ3) is 6.59. The number of carboxylic acids is 1. The third-order valence-electron chi connectivity index (χ3n) is 7.46. The number of aromatic carboxylic acids is 1. The average Bonchev–Trinajstić information content (AvgIpc) is 3.29. The van der Waals surface area contributed by atoms with Gasteiger partial charge in [0.1, 0.15) is 29.7 Å². The molecule has 2 heterocycles. The third-order valence-corrected chi connectivity index (χ3v) is 7.46. The van der Waals surface area contributed by atoms with Gasteiger partial charge < -0.3 is 19.9 Å². The smallest absolute Gasteiger partial charge is 0.337 e. The van der Waals surface area contributed by atoms with Gasteiger partial charge in [-0.2, -0.15) is 0 Å². The minimum Gasteiger partial charge on any atom is -0.493 e. The molecular weight excluding hydrogens is 513 g/mol. The first-order valence-electron chi connectivity index (χ1n) is 13.8. The van der Waals surface area contributed by atoms with Gasteiger partial charge in [-0.25, -0.2) is 14.2 Å². The Morgan fingerprint density at radius 2 is 1.75 bits per heavy atom. The number of anilines is 1. The van der Waals surface area contributed by atoms with Crippen molar-refractivity contribution >= 4 is 17.7 Å². The van der Waals surface area contributed by atoms with Crippen LogP contribution in [0, 0.1) is 11.2 Å². The first-order chi connectivity index (χ1) is 19.3. The molecule has 8 nitrogen and oxygen atoms in total. The summed E-state index contributed by atoms with van der Waals surface area (Å²) in [5.74, 6) is 0.560. The summed E-state index contributed by atoms with van der Waals surface area (Å²) >= 11 is 0. The number of rotatable bonds is 13. The monoisotopic (exact) mass is 550 g/mol. The molecule has 2 aromatic carbocycles. The molecule has 0 radical (unpaired) electrons. The van der Waals surface area contributed by atoms with Crippen LogP contribution in [-0.4, -0.2) is 48.3 Å². The van der Waals surface area contributed by atoms with Crippen LogP contribution in [0.5, 0.6) is 11.5 Å². The molecule has 4 rings (SSSR count). The molecule has 40 heavy (non-hydrogen) atoms. The number of nitrogens with zero attached hydrogens (tertiary/aromatic N) is 2. The SMILES string of the molecule is CCOc1cc(C[NH2+]CCC2(CC)CC(=O)N(c3ccc(C(=O)O)cn3)C2)cc(OCC)c1-c1ccc(F)cc1. The van der Waals surface area contributed by atoms with Gasteiger partial charge in [0.05, 0.1) is 30.9 Å². The van der Waals surface area contributed by atoms with Crippen LogP contribution >= 0.6 is 0 Å². The highest BCUT2D eigenvalue weighted by molar-refractivity contribution is 5.96. The van der Waals surface area contributed by atoms with Gasteiger partial charge in [0.2, 0.25) is 5.91 Å². The molecule has 3 aromatic rings. The molecular formula is C31H37FN3O5+. The first-order valence-corrected chi connectivity index (χ1v) is 13.8. The zero-order valence-electron chi connectivity index (χ0n) is 23.3. The second-order valence-electron chi connectivity index (χ2n) is 10.1. The molecule has 1 aromatic heterocycles. The van der Waals surface area contributed by atoms with E-state index >= 15 is 0 Å². The van der Waals surface area contributed by atoms with Gasteiger partial charge in [0, 0.05) is 36.6 Å². The standard InChI is InChI=1S/C31H36FN3O5/c1-4-31(17-28(36)35(20-31)27-12-9-23(19-34-27)30(37)38)13-14-33-18-21-15-25(39-5-2)29(26(16-21)40-6-3)22-7-10-24(32)11-8-22/h7-12,15-16,19,33H,4-6,13-14,17-18,20H2,1-3H3,(H,37,38)/p+1.